The molecule has 136 valence electrons. The molecule has 2 aromatic heterocycles. The van der Waals surface area contributed by atoms with E-state index in [4.69, 9.17) is 4.98 Å². The van der Waals surface area contributed by atoms with Crippen LogP contribution in [0.1, 0.15) is 66.8 Å². The number of benzene rings is 1. The van der Waals surface area contributed by atoms with Crippen molar-refractivity contribution in [3.05, 3.63) is 58.9 Å². The number of rotatable bonds is 5. The number of nitrogens with one attached hydrogen (secondary N) is 1. The van der Waals surface area contributed by atoms with Crippen molar-refractivity contribution in [1.82, 2.24) is 20.1 Å². The Morgan fingerprint density at radius 1 is 1.15 bits per heavy atom. The molecule has 0 bridgehead atoms. The van der Waals surface area contributed by atoms with Crippen molar-refractivity contribution in [2.75, 3.05) is 0 Å². The molecule has 5 nitrogen and oxygen atoms in total. The summed E-state index contributed by atoms with van der Waals surface area (Å²) < 4.78 is 1.87. The zero-order valence-electron chi connectivity index (χ0n) is 16.1. The SMILES string of the molecule is Cc1ccc(CNC(=O)c2cc(C(C)C)nc3c2cnn3C(C)C)cc1. The van der Waals surface area contributed by atoms with Gasteiger partial charge in [-0.3, -0.25) is 4.79 Å². The Morgan fingerprint density at radius 3 is 2.46 bits per heavy atom. The molecular formula is C21H26N4O. The normalized spacial score (nSPS) is 11.5. The second kappa shape index (κ2) is 7.28. The maximum atomic E-state index is 12.9. The first-order valence-electron chi connectivity index (χ1n) is 9.08. The van der Waals surface area contributed by atoms with E-state index in [0.717, 1.165) is 22.3 Å². The fourth-order valence-corrected chi connectivity index (χ4v) is 2.88. The van der Waals surface area contributed by atoms with Crippen LogP contribution in [0.2, 0.25) is 0 Å². The number of hydrogen-bond acceptors (Lipinski definition) is 3. The summed E-state index contributed by atoms with van der Waals surface area (Å²) in [7, 11) is 0. The minimum absolute atomic E-state index is 0.0943. The lowest BCUT2D eigenvalue weighted by atomic mass is 10.0. The highest BCUT2D eigenvalue weighted by Crippen LogP contribution is 2.24. The third-order valence-corrected chi connectivity index (χ3v) is 4.49. The van der Waals surface area contributed by atoms with E-state index in [1.165, 1.54) is 5.56 Å². The number of amides is 1. The predicted octanol–water partition coefficient (Wildman–Crippen LogP) is 4.37. The molecule has 2 heterocycles. The van der Waals surface area contributed by atoms with Crippen molar-refractivity contribution in [3.8, 4) is 0 Å². The quantitative estimate of drug-likeness (QED) is 0.743. The minimum atomic E-state index is -0.0943. The first kappa shape index (κ1) is 18.1. The Hall–Kier alpha value is -2.69. The summed E-state index contributed by atoms with van der Waals surface area (Å²) in [4.78, 5) is 17.6. The van der Waals surface area contributed by atoms with E-state index in [0.29, 0.717) is 12.1 Å². The molecule has 0 radical (unpaired) electrons. The van der Waals surface area contributed by atoms with Gasteiger partial charge in [0.25, 0.3) is 5.91 Å². The van der Waals surface area contributed by atoms with Crippen molar-refractivity contribution in [3.63, 3.8) is 0 Å². The van der Waals surface area contributed by atoms with Gasteiger partial charge < -0.3 is 5.32 Å². The average Bonchev–Trinajstić information content (AvgIpc) is 3.04. The molecule has 0 aliphatic rings. The van der Waals surface area contributed by atoms with Crippen LogP contribution in [0.4, 0.5) is 0 Å². The fourth-order valence-electron chi connectivity index (χ4n) is 2.88. The van der Waals surface area contributed by atoms with Crippen molar-refractivity contribution >= 4 is 16.9 Å². The van der Waals surface area contributed by atoms with Crippen LogP contribution in [0.15, 0.2) is 36.5 Å². The van der Waals surface area contributed by atoms with Crippen LogP contribution in [0.3, 0.4) is 0 Å². The minimum Gasteiger partial charge on any atom is -0.348 e. The van der Waals surface area contributed by atoms with Gasteiger partial charge in [-0.05, 0) is 38.3 Å². The standard InChI is InChI=1S/C21H26N4O/c1-13(2)19-10-17(18-12-23-25(14(3)4)20(18)24-19)21(26)22-11-16-8-6-15(5)7-9-16/h6-10,12-14H,11H2,1-5H3,(H,22,26). The van der Waals surface area contributed by atoms with E-state index in [9.17, 15) is 4.79 Å². The van der Waals surface area contributed by atoms with Crippen LogP contribution >= 0.6 is 0 Å². The van der Waals surface area contributed by atoms with Crippen LogP contribution in [-0.2, 0) is 6.54 Å². The second-order valence-electron chi connectivity index (χ2n) is 7.34. The lowest BCUT2D eigenvalue weighted by Gasteiger charge is -2.12. The Kier molecular flexibility index (Phi) is 5.07. The number of carbonyl (C=O) groups excluding carboxylic acids is 1. The molecule has 0 aliphatic carbocycles. The molecular weight excluding hydrogens is 324 g/mol. The molecule has 0 saturated heterocycles. The monoisotopic (exact) mass is 350 g/mol. The third kappa shape index (κ3) is 3.62. The summed E-state index contributed by atoms with van der Waals surface area (Å²) in [5, 5.41) is 8.26. The first-order chi connectivity index (χ1) is 12.4. The van der Waals surface area contributed by atoms with Gasteiger partial charge in [0, 0.05) is 18.3 Å². The van der Waals surface area contributed by atoms with Crippen LogP contribution in [0.25, 0.3) is 11.0 Å². The molecule has 0 saturated carbocycles. The lowest BCUT2D eigenvalue weighted by Crippen LogP contribution is -2.23. The predicted molar refractivity (Wildman–Crippen MR) is 104 cm³/mol. The van der Waals surface area contributed by atoms with E-state index in [2.05, 4.69) is 57.2 Å². The Labute approximate surface area is 154 Å². The average molecular weight is 350 g/mol. The number of nitrogens with zero attached hydrogens (tertiary/aromatic N) is 3. The van der Waals surface area contributed by atoms with E-state index in [1.54, 1.807) is 6.20 Å². The highest BCUT2D eigenvalue weighted by molar-refractivity contribution is 6.05. The van der Waals surface area contributed by atoms with E-state index >= 15 is 0 Å². The molecule has 1 N–H and O–H groups in total. The largest absolute Gasteiger partial charge is 0.348 e. The van der Waals surface area contributed by atoms with Crippen molar-refractivity contribution < 1.29 is 4.79 Å². The Bertz CT molecular complexity index is 923. The summed E-state index contributed by atoms with van der Waals surface area (Å²) in [5.74, 6) is 0.141. The van der Waals surface area contributed by atoms with E-state index in [1.807, 2.05) is 22.9 Å². The van der Waals surface area contributed by atoms with Crippen LogP contribution in [0.5, 0.6) is 0 Å². The number of pyridine rings is 1. The maximum absolute atomic E-state index is 12.9. The Morgan fingerprint density at radius 2 is 1.85 bits per heavy atom. The van der Waals surface area contributed by atoms with Gasteiger partial charge in [0.2, 0.25) is 0 Å². The number of carbonyl (C=O) groups is 1. The highest BCUT2D eigenvalue weighted by atomic mass is 16.1. The summed E-state index contributed by atoms with van der Waals surface area (Å²) >= 11 is 0. The first-order valence-corrected chi connectivity index (χ1v) is 9.08. The van der Waals surface area contributed by atoms with Gasteiger partial charge in [0.15, 0.2) is 5.65 Å². The molecule has 26 heavy (non-hydrogen) atoms. The molecule has 0 fully saturated rings. The molecule has 3 aromatic rings. The van der Waals surface area contributed by atoms with E-state index in [-0.39, 0.29) is 17.9 Å². The smallest absolute Gasteiger partial charge is 0.252 e. The summed E-state index contributed by atoms with van der Waals surface area (Å²) in [6.07, 6.45) is 1.74. The maximum Gasteiger partial charge on any atom is 0.252 e. The van der Waals surface area contributed by atoms with Gasteiger partial charge in [0.05, 0.1) is 17.1 Å². The number of aromatic nitrogens is 3. The second-order valence-corrected chi connectivity index (χ2v) is 7.34. The lowest BCUT2D eigenvalue weighted by molar-refractivity contribution is 0.0952. The van der Waals surface area contributed by atoms with Gasteiger partial charge >= 0.3 is 0 Å². The van der Waals surface area contributed by atoms with Gasteiger partial charge in [-0.2, -0.15) is 5.10 Å². The summed E-state index contributed by atoms with van der Waals surface area (Å²) in [5.41, 5.74) is 4.60. The third-order valence-electron chi connectivity index (χ3n) is 4.49. The Balaban J connectivity index is 1.94. The van der Waals surface area contributed by atoms with Crippen molar-refractivity contribution in [2.24, 2.45) is 0 Å². The van der Waals surface area contributed by atoms with Gasteiger partial charge in [-0.1, -0.05) is 43.7 Å². The highest BCUT2D eigenvalue weighted by Gasteiger charge is 2.18. The van der Waals surface area contributed by atoms with E-state index < -0.39 is 0 Å². The van der Waals surface area contributed by atoms with Crippen LogP contribution in [0, 0.1) is 6.92 Å². The number of aryl methyl sites for hydroxylation is 1. The molecule has 0 spiro atoms. The zero-order valence-corrected chi connectivity index (χ0v) is 16.1. The summed E-state index contributed by atoms with van der Waals surface area (Å²) in [6, 6.07) is 10.3. The molecule has 0 aliphatic heterocycles. The summed E-state index contributed by atoms with van der Waals surface area (Å²) in [6.45, 7) is 10.8. The van der Waals surface area contributed by atoms with Crippen molar-refractivity contribution in [1.29, 1.82) is 0 Å². The number of hydrogen-bond donors (Lipinski definition) is 1. The molecule has 0 unspecified atom stereocenters. The molecule has 3 rings (SSSR count). The zero-order chi connectivity index (χ0) is 18.8. The topological polar surface area (TPSA) is 59.8 Å². The van der Waals surface area contributed by atoms with Crippen LogP contribution < -0.4 is 5.32 Å². The van der Waals surface area contributed by atoms with Gasteiger partial charge in [0.1, 0.15) is 0 Å². The van der Waals surface area contributed by atoms with Gasteiger partial charge in [-0.25, -0.2) is 9.67 Å². The fraction of sp³-hybridized carbons (Fsp3) is 0.381. The van der Waals surface area contributed by atoms with Crippen LogP contribution in [-0.4, -0.2) is 20.7 Å². The number of fused-ring (bicyclic) bond motifs is 1. The molecule has 0 atom stereocenters. The molecule has 1 amide bonds. The van der Waals surface area contributed by atoms with Gasteiger partial charge in [-0.15, -0.1) is 0 Å². The molecule has 1 aromatic carbocycles. The molecule has 5 heteroatoms. The van der Waals surface area contributed by atoms with Crippen molar-refractivity contribution in [2.45, 2.75) is 53.1 Å².